The zero-order valence-electron chi connectivity index (χ0n) is 21.1. The highest BCUT2D eigenvalue weighted by molar-refractivity contribution is 6.02. The maximum atomic E-state index is 12.7. The summed E-state index contributed by atoms with van der Waals surface area (Å²) in [6.07, 6.45) is 4.11. The van der Waals surface area contributed by atoms with E-state index >= 15 is 0 Å². The molecule has 0 aliphatic carbocycles. The molecule has 2 N–H and O–H groups in total. The number of hydrogen-bond acceptors (Lipinski definition) is 6. The molecule has 4 rings (SSSR count). The third-order valence-electron chi connectivity index (χ3n) is 7.26. The smallest absolute Gasteiger partial charge is 0.305 e. The molecule has 8 heteroatoms. The van der Waals surface area contributed by atoms with Crippen LogP contribution in [-0.2, 0) is 27.2 Å². The molecular formula is C27H38N4O4. The van der Waals surface area contributed by atoms with Crippen LogP contribution >= 0.6 is 0 Å². The molecule has 190 valence electrons. The summed E-state index contributed by atoms with van der Waals surface area (Å²) in [4.78, 5) is 29.5. The molecule has 0 unspecified atom stereocenters. The zero-order valence-corrected chi connectivity index (χ0v) is 21.1. The standard InChI is InChI=1S/C27H38N4O4/c1-20-25(27(28)33)26(21-6-8-22(9-7-21)30-13-3-4-14-30)23(10-11-24(32)34-2)31(20)15-5-12-29-16-18-35-19-17-29/h6-9H,3-5,10-19H2,1-2H3,(H2,28,33). The van der Waals surface area contributed by atoms with Crippen LogP contribution in [0.15, 0.2) is 24.3 Å². The number of methoxy groups -OCH3 is 1. The Morgan fingerprint density at radius 2 is 1.71 bits per heavy atom. The predicted octanol–water partition coefficient (Wildman–Crippen LogP) is 2.99. The molecule has 2 fully saturated rings. The molecule has 0 spiro atoms. The van der Waals surface area contributed by atoms with Crippen molar-refractivity contribution >= 4 is 17.6 Å². The molecule has 1 aromatic carbocycles. The van der Waals surface area contributed by atoms with E-state index in [0.29, 0.717) is 12.0 Å². The molecule has 0 radical (unpaired) electrons. The molecule has 0 atom stereocenters. The van der Waals surface area contributed by atoms with Gasteiger partial charge in [-0.2, -0.15) is 0 Å². The summed E-state index contributed by atoms with van der Waals surface area (Å²) >= 11 is 0. The van der Waals surface area contributed by atoms with E-state index in [9.17, 15) is 9.59 Å². The largest absolute Gasteiger partial charge is 0.469 e. The second-order valence-electron chi connectivity index (χ2n) is 9.42. The molecule has 0 bridgehead atoms. The fraction of sp³-hybridized carbons (Fsp3) is 0.556. The minimum atomic E-state index is -0.438. The van der Waals surface area contributed by atoms with Crippen LogP contribution in [0.25, 0.3) is 11.1 Å². The molecule has 3 heterocycles. The topological polar surface area (TPSA) is 90.0 Å². The lowest BCUT2D eigenvalue weighted by atomic mass is 9.97. The van der Waals surface area contributed by atoms with Crippen molar-refractivity contribution < 1.29 is 19.1 Å². The molecule has 1 aromatic heterocycles. The fourth-order valence-electron chi connectivity index (χ4n) is 5.39. The van der Waals surface area contributed by atoms with Crippen LogP contribution in [0.2, 0.25) is 0 Å². The number of ether oxygens (including phenoxy) is 2. The number of anilines is 1. The van der Waals surface area contributed by atoms with Gasteiger partial charge in [-0.3, -0.25) is 14.5 Å². The van der Waals surface area contributed by atoms with Crippen LogP contribution in [-0.4, -0.2) is 74.4 Å². The van der Waals surface area contributed by atoms with Crippen LogP contribution in [0.5, 0.6) is 0 Å². The Hall–Kier alpha value is -2.84. The van der Waals surface area contributed by atoms with Crippen molar-refractivity contribution in [2.24, 2.45) is 5.73 Å². The number of aromatic nitrogens is 1. The average molecular weight is 483 g/mol. The molecule has 2 saturated heterocycles. The second-order valence-corrected chi connectivity index (χ2v) is 9.42. The summed E-state index contributed by atoms with van der Waals surface area (Å²) in [6.45, 7) is 9.27. The normalized spacial score (nSPS) is 16.6. The lowest BCUT2D eigenvalue weighted by molar-refractivity contribution is -0.140. The zero-order chi connectivity index (χ0) is 24.8. The van der Waals surface area contributed by atoms with Crippen molar-refractivity contribution in [3.8, 4) is 11.1 Å². The van der Waals surface area contributed by atoms with Gasteiger partial charge in [0.25, 0.3) is 5.91 Å². The maximum Gasteiger partial charge on any atom is 0.305 e. The van der Waals surface area contributed by atoms with Gasteiger partial charge in [0.15, 0.2) is 0 Å². The molecule has 8 nitrogen and oxygen atoms in total. The Balaban J connectivity index is 1.66. The summed E-state index contributed by atoms with van der Waals surface area (Å²) in [7, 11) is 1.40. The maximum absolute atomic E-state index is 12.7. The van der Waals surface area contributed by atoms with Gasteiger partial charge in [0.05, 0.1) is 32.3 Å². The molecule has 2 aliphatic heterocycles. The number of nitrogens with two attached hydrogens (primary N) is 1. The van der Waals surface area contributed by atoms with Gasteiger partial charge in [-0.25, -0.2) is 0 Å². The van der Waals surface area contributed by atoms with Gasteiger partial charge in [-0.1, -0.05) is 12.1 Å². The van der Waals surface area contributed by atoms with Crippen molar-refractivity contribution in [2.75, 3.05) is 57.9 Å². The van der Waals surface area contributed by atoms with E-state index in [-0.39, 0.29) is 12.4 Å². The summed E-state index contributed by atoms with van der Waals surface area (Å²) in [6, 6.07) is 8.41. The van der Waals surface area contributed by atoms with Crippen LogP contribution in [0.4, 0.5) is 5.69 Å². The number of nitrogens with zero attached hydrogens (tertiary/aromatic N) is 3. The van der Waals surface area contributed by atoms with Crippen molar-refractivity contribution in [3.05, 3.63) is 41.2 Å². The van der Waals surface area contributed by atoms with Crippen LogP contribution < -0.4 is 10.6 Å². The Labute approximate surface area is 208 Å². The summed E-state index contributed by atoms with van der Waals surface area (Å²) in [5.74, 6) is -0.702. The van der Waals surface area contributed by atoms with Crippen molar-refractivity contribution in [2.45, 2.75) is 45.6 Å². The first-order chi connectivity index (χ1) is 17.0. The highest BCUT2D eigenvalue weighted by Crippen LogP contribution is 2.35. The first-order valence-corrected chi connectivity index (χ1v) is 12.7. The number of esters is 1. The average Bonchev–Trinajstić information content (AvgIpc) is 3.50. The number of carbonyl (C=O) groups is 2. The van der Waals surface area contributed by atoms with E-state index in [2.05, 4.69) is 38.6 Å². The van der Waals surface area contributed by atoms with E-state index in [1.165, 1.54) is 25.6 Å². The lowest BCUT2D eigenvalue weighted by Crippen LogP contribution is -2.37. The van der Waals surface area contributed by atoms with Crippen molar-refractivity contribution in [3.63, 3.8) is 0 Å². The molecular weight excluding hydrogens is 444 g/mol. The van der Waals surface area contributed by atoms with Gasteiger partial charge < -0.3 is 24.7 Å². The number of primary amides is 1. The Bertz CT molecular complexity index is 1020. The van der Waals surface area contributed by atoms with E-state index in [1.54, 1.807) is 0 Å². The summed E-state index contributed by atoms with van der Waals surface area (Å²) in [5, 5.41) is 0. The quantitative estimate of drug-likeness (QED) is 0.524. The van der Waals surface area contributed by atoms with Gasteiger partial charge >= 0.3 is 5.97 Å². The molecule has 1 amide bonds. The van der Waals surface area contributed by atoms with E-state index < -0.39 is 5.91 Å². The molecule has 35 heavy (non-hydrogen) atoms. The lowest BCUT2D eigenvalue weighted by Gasteiger charge is -2.26. The minimum absolute atomic E-state index is 0.250. The molecule has 2 aliphatic rings. The number of rotatable bonds is 10. The highest BCUT2D eigenvalue weighted by atomic mass is 16.5. The fourth-order valence-corrected chi connectivity index (χ4v) is 5.39. The van der Waals surface area contributed by atoms with Crippen LogP contribution in [0, 0.1) is 6.92 Å². The summed E-state index contributed by atoms with van der Waals surface area (Å²) in [5.41, 5.74) is 11.3. The van der Waals surface area contributed by atoms with Gasteiger partial charge in [0.1, 0.15) is 0 Å². The summed E-state index contributed by atoms with van der Waals surface area (Å²) < 4.78 is 12.6. The van der Waals surface area contributed by atoms with Crippen molar-refractivity contribution in [1.82, 2.24) is 9.47 Å². The first kappa shape index (κ1) is 25.3. The Morgan fingerprint density at radius 1 is 1.03 bits per heavy atom. The first-order valence-electron chi connectivity index (χ1n) is 12.7. The van der Waals surface area contributed by atoms with Gasteiger partial charge in [-0.15, -0.1) is 0 Å². The van der Waals surface area contributed by atoms with E-state index in [1.807, 2.05) is 6.92 Å². The van der Waals surface area contributed by atoms with E-state index in [4.69, 9.17) is 15.2 Å². The van der Waals surface area contributed by atoms with Gasteiger partial charge in [0, 0.05) is 61.9 Å². The minimum Gasteiger partial charge on any atom is -0.469 e. The monoisotopic (exact) mass is 482 g/mol. The number of benzene rings is 1. The Kier molecular flexibility index (Phi) is 8.46. The van der Waals surface area contributed by atoms with Crippen LogP contribution in [0.3, 0.4) is 0 Å². The number of hydrogen-bond donors (Lipinski definition) is 1. The SMILES string of the molecule is COC(=O)CCc1c(-c2ccc(N3CCCC3)cc2)c(C(N)=O)c(C)n1CCCN1CCOCC1. The third kappa shape index (κ3) is 5.87. The number of morpholine rings is 1. The highest BCUT2D eigenvalue weighted by Gasteiger charge is 2.25. The van der Waals surface area contributed by atoms with E-state index in [0.717, 1.165) is 81.4 Å². The van der Waals surface area contributed by atoms with Gasteiger partial charge in [-0.05, 0) is 50.3 Å². The van der Waals surface area contributed by atoms with Crippen LogP contribution in [0.1, 0.15) is 47.4 Å². The molecule has 0 saturated carbocycles. The van der Waals surface area contributed by atoms with Gasteiger partial charge in [0.2, 0.25) is 0 Å². The number of carbonyl (C=O) groups excluding carboxylic acids is 2. The number of amides is 1. The molecule has 2 aromatic rings. The predicted molar refractivity (Wildman–Crippen MR) is 137 cm³/mol. The Morgan fingerprint density at radius 3 is 2.34 bits per heavy atom. The van der Waals surface area contributed by atoms with Crippen molar-refractivity contribution in [1.29, 1.82) is 0 Å². The third-order valence-corrected chi connectivity index (χ3v) is 7.26. The second kappa shape index (κ2) is 11.7.